The molecule has 0 spiro atoms. The third kappa shape index (κ3) is 4.56. The largest absolute Gasteiger partial charge is 0.448 e. The summed E-state index contributed by atoms with van der Waals surface area (Å²) in [5, 5.41) is 13.1. The van der Waals surface area contributed by atoms with Gasteiger partial charge in [-0.1, -0.05) is 29.8 Å². The van der Waals surface area contributed by atoms with Crippen LogP contribution in [0.4, 0.5) is 4.79 Å². The zero-order valence-corrected chi connectivity index (χ0v) is 13.7. The van der Waals surface area contributed by atoms with Gasteiger partial charge in [0.05, 0.1) is 19.2 Å². The van der Waals surface area contributed by atoms with Crippen molar-refractivity contribution < 1.29 is 14.3 Å². The number of aliphatic hydroxyl groups excluding tert-OH is 1. The van der Waals surface area contributed by atoms with E-state index in [-0.39, 0.29) is 12.6 Å². The maximum Gasteiger partial charge on any atom is 0.317 e. The van der Waals surface area contributed by atoms with Crippen LogP contribution in [0.5, 0.6) is 0 Å². The highest BCUT2D eigenvalue weighted by atomic mass is 16.3. The minimum absolute atomic E-state index is 0.235. The molecular formula is C17H23N3O3. The van der Waals surface area contributed by atoms with E-state index in [1.807, 2.05) is 38.1 Å². The molecule has 0 aliphatic rings. The van der Waals surface area contributed by atoms with Crippen molar-refractivity contribution in [2.45, 2.75) is 33.4 Å². The van der Waals surface area contributed by atoms with Crippen LogP contribution in [0, 0.1) is 13.8 Å². The molecule has 1 heterocycles. The predicted molar refractivity (Wildman–Crippen MR) is 86.9 cm³/mol. The van der Waals surface area contributed by atoms with Gasteiger partial charge >= 0.3 is 6.03 Å². The quantitative estimate of drug-likeness (QED) is 0.858. The molecule has 6 nitrogen and oxygen atoms in total. The Bertz CT molecular complexity index is 637. The van der Waals surface area contributed by atoms with E-state index in [0.29, 0.717) is 24.5 Å². The molecule has 0 aliphatic heterocycles. The van der Waals surface area contributed by atoms with Gasteiger partial charge in [0.2, 0.25) is 0 Å². The number of aliphatic hydroxyl groups is 1. The first-order valence-corrected chi connectivity index (χ1v) is 7.67. The van der Waals surface area contributed by atoms with Crippen LogP contribution in [0.15, 0.2) is 35.1 Å². The van der Waals surface area contributed by atoms with Gasteiger partial charge in [0.15, 0.2) is 6.39 Å². The van der Waals surface area contributed by atoms with Crippen molar-refractivity contribution in [1.82, 2.24) is 15.2 Å². The van der Waals surface area contributed by atoms with Gasteiger partial charge in [-0.25, -0.2) is 9.78 Å². The van der Waals surface area contributed by atoms with Crippen LogP contribution in [0.2, 0.25) is 0 Å². The minimum Gasteiger partial charge on any atom is -0.448 e. The Morgan fingerprint density at radius 1 is 1.35 bits per heavy atom. The number of likely N-dealkylation sites (N-methyl/N-ethyl adjacent to an activating group) is 1. The zero-order chi connectivity index (χ0) is 16.8. The number of aromatic nitrogens is 1. The number of hydrogen-bond donors (Lipinski definition) is 2. The average molecular weight is 317 g/mol. The molecule has 0 saturated carbocycles. The van der Waals surface area contributed by atoms with Crippen molar-refractivity contribution in [3.63, 3.8) is 0 Å². The third-order valence-corrected chi connectivity index (χ3v) is 3.78. The van der Waals surface area contributed by atoms with Crippen LogP contribution in [0.3, 0.4) is 0 Å². The summed E-state index contributed by atoms with van der Waals surface area (Å²) in [5.41, 5.74) is 2.64. The maximum absolute atomic E-state index is 12.2. The summed E-state index contributed by atoms with van der Waals surface area (Å²) in [7, 11) is 0. The molecule has 1 aromatic heterocycles. The summed E-state index contributed by atoms with van der Waals surface area (Å²) in [6.07, 6.45) is 0.644. The highest BCUT2D eigenvalue weighted by Gasteiger charge is 2.17. The summed E-state index contributed by atoms with van der Waals surface area (Å²) >= 11 is 0. The monoisotopic (exact) mass is 317 g/mol. The van der Waals surface area contributed by atoms with Crippen LogP contribution in [0.25, 0.3) is 0 Å². The number of nitrogens with zero attached hydrogens (tertiary/aromatic N) is 2. The van der Waals surface area contributed by atoms with Gasteiger partial charge in [-0.2, -0.15) is 0 Å². The Kier molecular flexibility index (Phi) is 5.76. The fourth-order valence-corrected chi connectivity index (χ4v) is 2.23. The number of carbonyl (C=O) groups excluding carboxylic acids is 1. The Morgan fingerprint density at radius 3 is 2.61 bits per heavy atom. The number of oxazole rings is 1. The van der Waals surface area contributed by atoms with Gasteiger partial charge in [0.25, 0.3) is 0 Å². The highest BCUT2D eigenvalue weighted by molar-refractivity contribution is 5.74. The van der Waals surface area contributed by atoms with E-state index in [0.717, 1.165) is 11.1 Å². The fraction of sp³-hybridized carbons (Fsp3) is 0.412. The van der Waals surface area contributed by atoms with E-state index in [4.69, 9.17) is 4.42 Å². The predicted octanol–water partition coefficient (Wildman–Crippen LogP) is 2.56. The number of nitrogens with one attached hydrogen (secondary N) is 1. The number of aryl methyl sites for hydroxylation is 2. The molecule has 0 saturated heterocycles. The summed E-state index contributed by atoms with van der Waals surface area (Å²) in [5.74, 6) is 0.688. The molecule has 0 radical (unpaired) electrons. The van der Waals surface area contributed by atoms with Gasteiger partial charge in [0, 0.05) is 6.54 Å². The summed E-state index contributed by atoms with van der Waals surface area (Å²) in [4.78, 5) is 17.9. The summed E-state index contributed by atoms with van der Waals surface area (Å²) in [6, 6.07) is 7.42. The average Bonchev–Trinajstić information content (AvgIpc) is 2.95. The molecule has 0 bridgehead atoms. The molecule has 2 rings (SSSR count). The molecule has 2 aromatic rings. The van der Waals surface area contributed by atoms with Crippen molar-refractivity contribution in [3.8, 4) is 0 Å². The topological polar surface area (TPSA) is 78.6 Å². The standard InChI is InChI=1S/C17H23N3O3/c1-4-20(10-16(21)14-7-5-12(2)6-8-14)17(22)18-9-15-13(3)23-11-19-15/h5-8,11,16,21H,4,9-10H2,1-3H3,(H,18,22). The van der Waals surface area contributed by atoms with E-state index in [1.165, 1.54) is 6.39 Å². The molecule has 6 heteroatoms. The SMILES string of the molecule is CCN(CC(O)c1ccc(C)cc1)C(=O)NCc1ncoc1C. The van der Waals surface area contributed by atoms with Crippen LogP contribution in [0.1, 0.15) is 35.6 Å². The molecule has 124 valence electrons. The summed E-state index contributed by atoms with van der Waals surface area (Å²) < 4.78 is 5.10. The smallest absolute Gasteiger partial charge is 0.317 e. The van der Waals surface area contributed by atoms with E-state index >= 15 is 0 Å². The zero-order valence-electron chi connectivity index (χ0n) is 13.7. The second kappa shape index (κ2) is 7.78. The van der Waals surface area contributed by atoms with E-state index in [1.54, 1.807) is 11.8 Å². The van der Waals surface area contributed by atoms with Crippen molar-refractivity contribution in [2.24, 2.45) is 0 Å². The maximum atomic E-state index is 12.2. The molecule has 1 unspecified atom stereocenters. The van der Waals surface area contributed by atoms with Crippen LogP contribution in [-0.2, 0) is 6.54 Å². The van der Waals surface area contributed by atoms with Crippen molar-refractivity contribution >= 4 is 6.03 Å². The van der Waals surface area contributed by atoms with Crippen molar-refractivity contribution in [1.29, 1.82) is 0 Å². The van der Waals surface area contributed by atoms with Gasteiger partial charge in [-0.15, -0.1) is 0 Å². The minimum atomic E-state index is -0.713. The van der Waals surface area contributed by atoms with Crippen LogP contribution < -0.4 is 5.32 Å². The Balaban J connectivity index is 1.91. The van der Waals surface area contributed by atoms with Gasteiger partial charge in [0.1, 0.15) is 11.5 Å². The normalized spacial score (nSPS) is 12.0. The lowest BCUT2D eigenvalue weighted by atomic mass is 10.1. The second-order valence-corrected chi connectivity index (χ2v) is 5.48. The van der Waals surface area contributed by atoms with E-state index in [9.17, 15) is 9.90 Å². The number of amides is 2. The first kappa shape index (κ1) is 17.0. The number of urea groups is 1. The van der Waals surface area contributed by atoms with Crippen LogP contribution >= 0.6 is 0 Å². The molecule has 0 fully saturated rings. The first-order valence-electron chi connectivity index (χ1n) is 7.67. The lowest BCUT2D eigenvalue weighted by Gasteiger charge is -2.24. The Morgan fingerprint density at radius 2 is 2.04 bits per heavy atom. The second-order valence-electron chi connectivity index (χ2n) is 5.48. The number of rotatable bonds is 6. The molecule has 1 aromatic carbocycles. The van der Waals surface area contributed by atoms with Gasteiger partial charge < -0.3 is 19.7 Å². The highest BCUT2D eigenvalue weighted by Crippen LogP contribution is 2.15. The molecule has 2 amide bonds. The Hall–Kier alpha value is -2.34. The number of benzene rings is 1. The molecule has 23 heavy (non-hydrogen) atoms. The third-order valence-electron chi connectivity index (χ3n) is 3.78. The lowest BCUT2D eigenvalue weighted by Crippen LogP contribution is -2.41. The van der Waals surface area contributed by atoms with Crippen LogP contribution in [-0.4, -0.2) is 34.1 Å². The fourth-order valence-electron chi connectivity index (χ4n) is 2.23. The number of carbonyl (C=O) groups is 1. The van der Waals surface area contributed by atoms with E-state index in [2.05, 4.69) is 10.3 Å². The van der Waals surface area contributed by atoms with Crippen molar-refractivity contribution in [3.05, 3.63) is 53.2 Å². The Labute approximate surface area is 136 Å². The van der Waals surface area contributed by atoms with E-state index < -0.39 is 6.10 Å². The first-order chi connectivity index (χ1) is 11.0. The molecule has 1 atom stereocenters. The number of hydrogen-bond acceptors (Lipinski definition) is 4. The van der Waals surface area contributed by atoms with Crippen molar-refractivity contribution in [2.75, 3.05) is 13.1 Å². The lowest BCUT2D eigenvalue weighted by molar-refractivity contribution is 0.123. The molecular weight excluding hydrogens is 294 g/mol. The van der Waals surface area contributed by atoms with Gasteiger partial charge in [-0.3, -0.25) is 0 Å². The molecule has 2 N–H and O–H groups in total. The molecule has 0 aliphatic carbocycles. The van der Waals surface area contributed by atoms with Gasteiger partial charge in [-0.05, 0) is 26.3 Å². The summed E-state index contributed by atoms with van der Waals surface area (Å²) in [6.45, 7) is 6.72.